The highest BCUT2D eigenvalue weighted by atomic mass is 35.5. The zero-order valence-electron chi connectivity index (χ0n) is 15.3. The molecule has 0 radical (unpaired) electrons. The van der Waals surface area contributed by atoms with E-state index in [0.29, 0.717) is 5.41 Å². The van der Waals surface area contributed by atoms with Crippen LogP contribution in [0.25, 0.3) is 16.2 Å². The Labute approximate surface area is 169 Å². The number of hydrogen-bond donors (Lipinski definition) is 0. The van der Waals surface area contributed by atoms with Gasteiger partial charge in [-0.1, -0.05) is 0 Å². The number of fused-ring (bicyclic) bond motifs is 1. The molecular weight excluding hydrogens is 380 g/mol. The lowest BCUT2D eigenvalue weighted by Gasteiger charge is -2.56. The van der Waals surface area contributed by atoms with Crippen LogP contribution in [0.5, 0.6) is 0 Å². The second kappa shape index (κ2) is 5.83. The van der Waals surface area contributed by atoms with Crippen LogP contribution in [0.2, 0.25) is 0 Å². The fourth-order valence-corrected chi connectivity index (χ4v) is 8.35. The van der Waals surface area contributed by atoms with Crippen molar-refractivity contribution < 1.29 is 0 Å². The van der Waals surface area contributed by atoms with Crippen LogP contribution in [0.15, 0.2) is 17.6 Å². The first-order chi connectivity index (χ1) is 12.1. The Bertz CT molecular complexity index is 944. The highest BCUT2D eigenvalue weighted by Gasteiger charge is 2.52. The predicted molar refractivity (Wildman–Crippen MR) is 113 cm³/mol. The molecule has 0 aromatic carbocycles. The Hall–Kier alpha value is -0.840. The molecule has 4 aliphatic carbocycles. The predicted octanol–water partition coefficient (Wildman–Crippen LogP) is 6.63. The van der Waals surface area contributed by atoms with E-state index in [0.717, 1.165) is 17.8 Å². The van der Waals surface area contributed by atoms with Gasteiger partial charge in [-0.15, -0.1) is 35.1 Å². The van der Waals surface area contributed by atoms with Crippen LogP contribution < -0.4 is 0 Å². The summed E-state index contributed by atoms with van der Waals surface area (Å²) in [6.45, 7) is 4.45. The number of aryl methyl sites for hydroxylation is 2. The third-order valence-electron chi connectivity index (χ3n) is 7.11. The van der Waals surface area contributed by atoms with Crippen LogP contribution in [-0.4, -0.2) is 9.38 Å². The number of imidazole rings is 1. The first-order valence-corrected chi connectivity index (χ1v) is 11.3. The summed E-state index contributed by atoms with van der Waals surface area (Å²) in [5, 5.41) is 2.29. The molecule has 3 aromatic heterocycles. The van der Waals surface area contributed by atoms with E-state index in [1.54, 1.807) is 0 Å². The maximum absolute atomic E-state index is 5.17. The average molecular weight is 405 g/mol. The molecule has 3 heterocycles. The van der Waals surface area contributed by atoms with Gasteiger partial charge in [-0.25, -0.2) is 4.98 Å². The Morgan fingerprint density at radius 2 is 1.73 bits per heavy atom. The third-order valence-corrected chi connectivity index (χ3v) is 8.91. The zero-order chi connectivity index (χ0) is 16.8. The lowest BCUT2D eigenvalue weighted by atomic mass is 9.49. The van der Waals surface area contributed by atoms with E-state index in [9.17, 15) is 0 Å². The van der Waals surface area contributed by atoms with Crippen molar-refractivity contribution in [2.45, 2.75) is 57.8 Å². The smallest absolute Gasteiger partial charge is 0.194 e. The molecule has 0 N–H and O–H groups in total. The zero-order valence-corrected chi connectivity index (χ0v) is 17.8. The molecule has 0 atom stereocenters. The van der Waals surface area contributed by atoms with Gasteiger partial charge in [-0.05, 0) is 76.2 Å². The Morgan fingerprint density at radius 1 is 1.08 bits per heavy atom. The minimum atomic E-state index is 0. The van der Waals surface area contributed by atoms with Gasteiger partial charge in [0.05, 0.1) is 11.4 Å². The molecule has 4 aliphatic rings. The largest absolute Gasteiger partial charge is 0.290 e. The van der Waals surface area contributed by atoms with Gasteiger partial charge >= 0.3 is 0 Å². The summed E-state index contributed by atoms with van der Waals surface area (Å²) < 4.78 is 2.38. The van der Waals surface area contributed by atoms with E-state index < -0.39 is 0 Å². The SMILES string of the molecule is Cc1cc(-c2csc3nc(C45CC6CC(CC(C6)C4)C5)cn23)c(C)s1.Cl. The van der Waals surface area contributed by atoms with Crippen molar-refractivity contribution >= 4 is 40.0 Å². The van der Waals surface area contributed by atoms with Gasteiger partial charge in [0, 0.05) is 32.3 Å². The van der Waals surface area contributed by atoms with Crippen molar-refractivity contribution in [3.05, 3.63) is 33.1 Å². The van der Waals surface area contributed by atoms with E-state index in [-0.39, 0.29) is 12.4 Å². The van der Waals surface area contributed by atoms with Crippen molar-refractivity contribution in [1.82, 2.24) is 9.38 Å². The first-order valence-electron chi connectivity index (χ1n) is 9.64. The van der Waals surface area contributed by atoms with Gasteiger partial charge in [0.2, 0.25) is 0 Å². The molecule has 0 amide bonds. The summed E-state index contributed by atoms with van der Waals surface area (Å²) >= 11 is 3.71. The van der Waals surface area contributed by atoms with Crippen molar-refractivity contribution in [2.75, 3.05) is 0 Å². The van der Waals surface area contributed by atoms with Gasteiger partial charge < -0.3 is 0 Å². The number of aromatic nitrogens is 2. The molecule has 4 bridgehead atoms. The standard InChI is InChI=1S/C21H24N2S2.ClH/c1-12-3-17(13(2)25-12)18-11-24-20-22-19(10-23(18)20)21-7-14-4-15(8-21)6-16(5-14)9-21;/h3,10-11,14-16H,4-9H2,1-2H3;1H. The summed E-state index contributed by atoms with van der Waals surface area (Å²) in [6.07, 6.45) is 11.1. The lowest BCUT2D eigenvalue weighted by molar-refractivity contribution is -0.00696. The number of halogens is 1. The molecule has 5 heteroatoms. The van der Waals surface area contributed by atoms with Crippen LogP contribution >= 0.6 is 35.1 Å². The quantitative estimate of drug-likeness (QED) is 0.468. The molecule has 7 rings (SSSR count). The van der Waals surface area contributed by atoms with Crippen LogP contribution in [0.1, 0.15) is 54.0 Å². The maximum atomic E-state index is 5.17. The Kier molecular flexibility index (Phi) is 3.87. The van der Waals surface area contributed by atoms with E-state index >= 15 is 0 Å². The second-order valence-electron chi connectivity index (χ2n) is 8.92. The van der Waals surface area contributed by atoms with Crippen molar-refractivity contribution in [3.8, 4) is 11.3 Å². The molecule has 2 nitrogen and oxygen atoms in total. The van der Waals surface area contributed by atoms with Crippen LogP contribution in [-0.2, 0) is 5.41 Å². The number of nitrogens with zero attached hydrogens (tertiary/aromatic N) is 2. The van der Waals surface area contributed by atoms with Crippen LogP contribution in [0.4, 0.5) is 0 Å². The molecule has 26 heavy (non-hydrogen) atoms. The molecule has 138 valence electrons. The fraction of sp³-hybridized carbons (Fsp3) is 0.571. The van der Waals surface area contributed by atoms with Crippen molar-refractivity contribution in [3.63, 3.8) is 0 Å². The number of thiophene rings is 1. The Morgan fingerprint density at radius 3 is 2.31 bits per heavy atom. The summed E-state index contributed by atoms with van der Waals surface area (Å²) in [5.74, 6) is 2.94. The summed E-state index contributed by atoms with van der Waals surface area (Å²) in [5.41, 5.74) is 4.54. The Balaban J connectivity index is 0.00000150. The number of hydrogen-bond acceptors (Lipinski definition) is 3. The number of thiazole rings is 1. The van der Waals surface area contributed by atoms with Gasteiger partial charge in [0.1, 0.15) is 0 Å². The fourth-order valence-electron chi connectivity index (χ4n) is 6.54. The second-order valence-corrected chi connectivity index (χ2v) is 11.2. The van der Waals surface area contributed by atoms with E-state index in [1.165, 1.54) is 70.2 Å². The minimum absolute atomic E-state index is 0. The van der Waals surface area contributed by atoms with E-state index in [4.69, 9.17) is 4.98 Å². The van der Waals surface area contributed by atoms with Gasteiger partial charge in [-0.3, -0.25) is 4.40 Å². The first kappa shape index (κ1) is 17.3. The van der Waals surface area contributed by atoms with E-state index in [2.05, 4.69) is 35.9 Å². The highest BCUT2D eigenvalue weighted by molar-refractivity contribution is 7.15. The molecule has 0 saturated heterocycles. The maximum Gasteiger partial charge on any atom is 0.194 e. The molecule has 0 unspecified atom stereocenters. The minimum Gasteiger partial charge on any atom is -0.290 e. The van der Waals surface area contributed by atoms with Gasteiger partial charge in [0.15, 0.2) is 4.96 Å². The molecule has 0 aliphatic heterocycles. The van der Waals surface area contributed by atoms with Crippen molar-refractivity contribution in [1.29, 1.82) is 0 Å². The van der Waals surface area contributed by atoms with E-state index in [1.807, 2.05) is 22.7 Å². The number of rotatable bonds is 2. The lowest BCUT2D eigenvalue weighted by Crippen LogP contribution is -2.48. The monoisotopic (exact) mass is 404 g/mol. The molecule has 3 aromatic rings. The topological polar surface area (TPSA) is 17.3 Å². The van der Waals surface area contributed by atoms with Gasteiger partial charge in [-0.2, -0.15) is 0 Å². The van der Waals surface area contributed by atoms with Crippen molar-refractivity contribution in [2.24, 2.45) is 17.8 Å². The molecular formula is C21H25ClN2S2. The summed E-state index contributed by atoms with van der Waals surface area (Å²) in [7, 11) is 0. The average Bonchev–Trinajstić information content (AvgIpc) is 3.20. The molecule has 4 fully saturated rings. The van der Waals surface area contributed by atoms with Gasteiger partial charge in [0.25, 0.3) is 0 Å². The van der Waals surface area contributed by atoms with Crippen LogP contribution in [0, 0.1) is 31.6 Å². The molecule has 0 spiro atoms. The van der Waals surface area contributed by atoms with Crippen LogP contribution in [0.3, 0.4) is 0 Å². The third kappa shape index (κ3) is 2.38. The summed E-state index contributed by atoms with van der Waals surface area (Å²) in [4.78, 5) is 9.17. The highest BCUT2D eigenvalue weighted by Crippen LogP contribution is 2.60. The normalized spacial score (nSPS) is 32.3. The molecule has 4 saturated carbocycles. The summed E-state index contributed by atoms with van der Waals surface area (Å²) in [6, 6.07) is 2.34.